The molecule has 51 heavy (non-hydrogen) atoms. The molecule has 8 aromatic carbocycles. The molecule has 1 nitrogen and oxygen atoms in total. The second-order valence-electron chi connectivity index (χ2n) is 15.4. The maximum absolute atomic E-state index is 2.52. The molecule has 2 aliphatic rings. The van der Waals surface area contributed by atoms with Gasteiger partial charge < -0.3 is 4.90 Å². The van der Waals surface area contributed by atoms with Crippen molar-refractivity contribution in [2.45, 2.75) is 38.5 Å². The largest absolute Gasteiger partial charge is 0.310 e. The van der Waals surface area contributed by atoms with Gasteiger partial charge in [-0.3, -0.25) is 0 Å². The highest BCUT2D eigenvalue weighted by molar-refractivity contribution is 6.14. The van der Waals surface area contributed by atoms with Crippen LogP contribution in [0.5, 0.6) is 0 Å². The lowest BCUT2D eigenvalue weighted by molar-refractivity contribution is 0.660. The summed E-state index contributed by atoms with van der Waals surface area (Å²) in [6.45, 7) is 9.52. The van der Waals surface area contributed by atoms with Crippen molar-refractivity contribution in [3.8, 4) is 33.4 Å². The number of fused-ring (bicyclic) bond motifs is 9. The number of hydrogen-bond donors (Lipinski definition) is 0. The smallest absolute Gasteiger partial charge is 0.0546 e. The molecular weight excluding hydrogens is 615 g/mol. The molecule has 0 spiro atoms. The zero-order valence-electron chi connectivity index (χ0n) is 29.5. The van der Waals surface area contributed by atoms with Gasteiger partial charge in [0.25, 0.3) is 0 Å². The fraction of sp³-hybridized carbons (Fsp3) is 0.120. The van der Waals surface area contributed by atoms with Crippen LogP contribution in [0.3, 0.4) is 0 Å². The first-order valence-electron chi connectivity index (χ1n) is 18.1. The standard InChI is InChI=1S/C50H39N/c1-49(2)44-21-13-12-19-39(44)41-26-23-35(30-46(41)49)51(48-29-34-16-8-9-17-37(34)38-18-10-11-20-43(38)48)36-24-27-42-40-25-22-33(32-14-6-5-7-15-32)28-45(40)50(3,4)47(42)31-36/h5-31H,1-4H3. The molecule has 0 saturated carbocycles. The van der Waals surface area contributed by atoms with Gasteiger partial charge in [-0.15, -0.1) is 0 Å². The van der Waals surface area contributed by atoms with Gasteiger partial charge in [0.05, 0.1) is 5.69 Å². The second kappa shape index (κ2) is 10.8. The van der Waals surface area contributed by atoms with Gasteiger partial charge in [0, 0.05) is 27.6 Å². The van der Waals surface area contributed by atoms with Crippen molar-refractivity contribution >= 4 is 38.6 Å². The fourth-order valence-corrected chi connectivity index (χ4v) is 9.15. The van der Waals surface area contributed by atoms with Crippen molar-refractivity contribution in [2.24, 2.45) is 0 Å². The predicted molar refractivity (Wildman–Crippen MR) is 217 cm³/mol. The minimum Gasteiger partial charge on any atom is -0.310 e. The Morgan fingerprint density at radius 3 is 1.57 bits per heavy atom. The lowest BCUT2D eigenvalue weighted by Gasteiger charge is -2.31. The van der Waals surface area contributed by atoms with E-state index in [2.05, 4.69) is 196 Å². The zero-order valence-corrected chi connectivity index (χ0v) is 29.5. The average molecular weight is 654 g/mol. The fourth-order valence-electron chi connectivity index (χ4n) is 9.15. The third-order valence-corrected chi connectivity index (χ3v) is 11.8. The van der Waals surface area contributed by atoms with E-state index in [9.17, 15) is 0 Å². The van der Waals surface area contributed by atoms with Crippen LogP contribution < -0.4 is 4.90 Å². The molecule has 0 fully saturated rings. The number of nitrogens with zero attached hydrogens (tertiary/aromatic N) is 1. The maximum atomic E-state index is 2.52. The molecule has 0 heterocycles. The van der Waals surface area contributed by atoms with E-state index < -0.39 is 0 Å². The molecule has 0 unspecified atom stereocenters. The summed E-state index contributed by atoms with van der Waals surface area (Å²) in [5, 5.41) is 5.04. The van der Waals surface area contributed by atoms with Gasteiger partial charge in [0.2, 0.25) is 0 Å². The molecule has 0 N–H and O–H groups in total. The Morgan fingerprint density at radius 1 is 0.353 bits per heavy atom. The number of hydrogen-bond acceptors (Lipinski definition) is 1. The molecule has 0 amide bonds. The van der Waals surface area contributed by atoms with Gasteiger partial charge in [-0.05, 0) is 108 Å². The van der Waals surface area contributed by atoms with Crippen molar-refractivity contribution in [1.29, 1.82) is 0 Å². The quantitative estimate of drug-likeness (QED) is 0.171. The summed E-state index contributed by atoms with van der Waals surface area (Å²) in [5.41, 5.74) is 16.7. The summed E-state index contributed by atoms with van der Waals surface area (Å²) in [5.74, 6) is 0. The van der Waals surface area contributed by atoms with Crippen molar-refractivity contribution in [3.05, 3.63) is 186 Å². The monoisotopic (exact) mass is 653 g/mol. The number of rotatable bonds is 4. The van der Waals surface area contributed by atoms with Gasteiger partial charge in [0.15, 0.2) is 0 Å². The molecule has 8 aromatic rings. The van der Waals surface area contributed by atoms with E-state index in [-0.39, 0.29) is 10.8 Å². The summed E-state index contributed by atoms with van der Waals surface area (Å²) in [6, 6.07) is 61.1. The summed E-state index contributed by atoms with van der Waals surface area (Å²) in [6.07, 6.45) is 0. The van der Waals surface area contributed by atoms with Crippen LogP contribution in [0.25, 0.3) is 54.9 Å². The SMILES string of the molecule is CC1(C)c2ccccc2-c2ccc(N(c3ccc4c(c3)C(C)(C)c3cc(-c5ccccc5)ccc3-4)c3cc4ccccc4c4ccccc34)cc21. The summed E-state index contributed by atoms with van der Waals surface area (Å²) in [4.78, 5) is 2.52. The first kappa shape index (κ1) is 29.9. The third-order valence-electron chi connectivity index (χ3n) is 11.8. The van der Waals surface area contributed by atoms with Gasteiger partial charge in [-0.2, -0.15) is 0 Å². The molecule has 2 aliphatic carbocycles. The highest BCUT2D eigenvalue weighted by Crippen LogP contribution is 2.54. The Labute approximate surface area is 300 Å². The predicted octanol–water partition coefficient (Wildman–Crippen LogP) is 13.7. The van der Waals surface area contributed by atoms with E-state index in [4.69, 9.17) is 0 Å². The van der Waals surface area contributed by atoms with Crippen LogP contribution >= 0.6 is 0 Å². The second-order valence-corrected chi connectivity index (χ2v) is 15.4. The van der Waals surface area contributed by atoms with E-state index in [1.165, 1.54) is 94.2 Å². The van der Waals surface area contributed by atoms with E-state index >= 15 is 0 Å². The molecular formula is C50H39N. The summed E-state index contributed by atoms with van der Waals surface area (Å²) in [7, 11) is 0. The Hall–Kier alpha value is -5.92. The molecule has 10 rings (SSSR count). The van der Waals surface area contributed by atoms with Crippen molar-refractivity contribution in [3.63, 3.8) is 0 Å². The molecule has 0 radical (unpaired) electrons. The highest BCUT2D eigenvalue weighted by Gasteiger charge is 2.38. The summed E-state index contributed by atoms with van der Waals surface area (Å²) < 4.78 is 0. The third kappa shape index (κ3) is 4.34. The van der Waals surface area contributed by atoms with E-state index in [1.807, 2.05) is 0 Å². The van der Waals surface area contributed by atoms with E-state index in [0.29, 0.717) is 0 Å². The van der Waals surface area contributed by atoms with E-state index in [0.717, 1.165) is 0 Å². The van der Waals surface area contributed by atoms with Crippen molar-refractivity contribution in [2.75, 3.05) is 4.90 Å². The Kier molecular flexibility index (Phi) is 6.34. The molecule has 0 atom stereocenters. The van der Waals surface area contributed by atoms with Gasteiger partial charge in [-0.1, -0.05) is 155 Å². The minimum absolute atomic E-state index is 0.100. The Bertz CT molecular complexity index is 2690. The minimum atomic E-state index is -0.163. The van der Waals surface area contributed by atoms with Crippen LogP contribution in [-0.4, -0.2) is 0 Å². The Morgan fingerprint density at radius 2 is 0.863 bits per heavy atom. The average Bonchev–Trinajstić information content (AvgIpc) is 3.54. The molecule has 0 aliphatic heterocycles. The van der Waals surface area contributed by atoms with Crippen LogP contribution in [0.4, 0.5) is 17.1 Å². The van der Waals surface area contributed by atoms with Crippen LogP contribution in [0.2, 0.25) is 0 Å². The Balaban J connectivity index is 1.20. The first-order valence-corrected chi connectivity index (χ1v) is 18.1. The zero-order chi connectivity index (χ0) is 34.5. The molecule has 0 aromatic heterocycles. The van der Waals surface area contributed by atoms with Gasteiger partial charge in [0.1, 0.15) is 0 Å². The van der Waals surface area contributed by atoms with Crippen LogP contribution in [0, 0.1) is 0 Å². The van der Waals surface area contributed by atoms with E-state index in [1.54, 1.807) is 0 Å². The number of anilines is 3. The number of benzene rings is 8. The molecule has 0 bridgehead atoms. The first-order chi connectivity index (χ1) is 24.8. The van der Waals surface area contributed by atoms with Crippen molar-refractivity contribution in [1.82, 2.24) is 0 Å². The van der Waals surface area contributed by atoms with Gasteiger partial charge >= 0.3 is 0 Å². The molecule has 1 heteroatoms. The van der Waals surface area contributed by atoms with Crippen molar-refractivity contribution < 1.29 is 0 Å². The highest BCUT2D eigenvalue weighted by atomic mass is 15.1. The normalized spacial score (nSPS) is 14.6. The van der Waals surface area contributed by atoms with Crippen LogP contribution in [0.1, 0.15) is 49.9 Å². The summed E-state index contributed by atoms with van der Waals surface area (Å²) >= 11 is 0. The molecule has 244 valence electrons. The van der Waals surface area contributed by atoms with Gasteiger partial charge in [-0.25, -0.2) is 0 Å². The topological polar surface area (TPSA) is 3.24 Å². The van der Waals surface area contributed by atoms with Crippen LogP contribution in [0.15, 0.2) is 164 Å². The lowest BCUT2D eigenvalue weighted by atomic mass is 9.81. The maximum Gasteiger partial charge on any atom is 0.0546 e. The van der Waals surface area contributed by atoms with Crippen LogP contribution in [-0.2, 0) is 10.8 Å². The lowest BCUT2D eigenvalue weighted by Crippen LogP contribution is -2.18. The molecule has 0 saturated heterocycles.